The first kappa shape index (κ1) is 22.3. The van der Waals surface area contributed by atoms with E-state index in [-0.39, 0.29) is 35.5 Å². The lowest BCUT2D eigenvalue weighted by atomic mass is 9.98. The Balaban J connectivity index is 2.67. The number of ether oxygens (including phenoxy) is 1. The lowest BCUT2D eigenvalue weighted by Crippen LogP contribution is -2.45. The lowest BCUT2D eigenvalue weighted by Gasteiger charge is -2.30. The van der Waals surface area contributed by atoms with Crippen LogP contribution in [0, 0.1) is 12.7 Å². The minimum atomic E-state index is -0.759. The largest absolute Gasteiger partial charge is 0.462 e. The van der Waals surface area contributed by atoms with Crippen LogP contribution >= 0.6 is 0 Å². The molecule has 1 aromatic heterocycles. The number of rotatable bonds is 7. The maximum absolute atomic E-state index is 13.4. The van der Waals surface area contributed by atoms with Gasteiger partial charge in [0.2, 0.25) is 0 Å². The number of Topliss-reactive ketones (excluding diaryl/α,β-unsaturated/α-hetero) is 1. The van der Waals surface area contributed by atoms with E-state index in [1.807, 2.05) is 27.7 Å². The SMILES string of the molecule is CCOC(=O)c1c(C)[nH]c(C(=O)C(=O)N(C(C)C)C(C)C)c1-c1ccc(F)cc1. The number of H-pyrrole nitrogens is 1. The van der Waals surface area contributed by atoms with Crippen LogP contribution in [0.15, 0.2) is 24.3 Å². The van der Waals surface area contributed by atoms with Gasteiger partial charge in [-0.2, -0.15) is 0 Å². The summed E-state index contributed by atoms with van der Waals surface area (Å²) in [6, 6.07) is 5.03. The number of aryl methyl sites for hydroxylation is 1. The summed E-state index contributed by atoms with van der Waals surface area (Å²) in [5, 5.41) is 0. The predicted molar refractivity (Wildman–Crippen MR) is 108 cm³/mol. The Labute approximate surface area is 170 Å². The first-order valence-corrected chi connectivity index (χ1v) is 9.62. The van der Waals surface area contributed by atoms with Gasteiger partial charge >= 0.3 is 5.97 Å². The first-order valence-electron chi connectivity index (χ1n) is 9.62. The zero-order valence-electron chi connectivity index (χ0n) is 17.6. The number of esters is 1. The summed E-state index contributed by atoms with van der Waals surface area (Å²) in [4.78, 5) is 43.0. The van der Waals surface area contributed by atoms with Gasteiger partial charge in [-0.15, -0.1) is 0 Å². The van der Waals surface area contributed by atoms with Crippen molar-refractivity contribution in [2.75, 3.05) is 6.61 Å². The molecular weight excluding hydrogens is 375 g/mol. The monoisotopic (exact) mass is 402 g/mol. The fourth-order valence-corrected chi connectivity index (χ4v) is 3.45. The van der Waals surface area contributed by atoms with Crippen molar-refractivity contribution >= 4 is 17.7 Å². The normalized spacial score (nSPS) is 11.1. The summed E-state index contributed by atoms with van der Waals surface area (Å²) in [6.07, 6.45) is 0. The Kier molecular flexibility index (Phi) is 6.95. The van der Waals surface area contributed by atoms with Crippen molar-refractivity contribution in [1.82, 2.24) is 9.88 Å². The Morgan fingerprint density at radius 2 is 1.62 bits per heavy atom. The van der Waals surface area contributed by atoms with Crippen LogP contribution in [-0.4, -0.2) is 46.2 Å². The van der Waals surface area contributed by atoms with Gasteiger partial charge in [-0.1, -0.05) is 12.1 Å². The average molecular weight is 402 g/mol. The van der Waals surface area contributed by atoms with Crippen LogP contribution in [0.5, 0.6) is 0 Å². The minimum Gasteiger partial charge on any atom is -0.462 e. The van der Waals surface area contributed by atoms with Crippen molar-refractivity contribution < 1.29 is 23.5 Å². The minimum absolute atomic E-state index is 0.00605. The highest BCUT2D eigenvalue weighted by Crippen LogP contribution is 2.32. The van der Waals surface area contributed by atoms with E-state index in [0.29, 0.717) is 11.3 Å². The van der Waals surface area contributed by atoms with E-state index in [0.717, 1.165) is 0 Å². The Hall–Kier alpha value is -2.96. The number of carbonyl (C=O) groups excluding carboxylic acids is 3. The second-order valence-electron chi connectivity index (χ2n) is 7.33. The van der Waals surface area contributed by atoms with Crippen LogP contribution in [0.3, 0.4) is 0 Å². The predicted octanol–water partition coefficient (Wildman–Crippen LogP) is 4.13. The van der Waals surface area contributed by atoms with E-state index in [4.69, 9.17) is 4.74 Å². The van der Waals surface area contributed by atoms with Gasteiger partial charge in [-0.3, -0.25) is 9.59 Å². The molecule has 0 aliphatic rings. The number of halogens is 1. The summed E-state index contributed by atoms with van der Waals surface area (Å²) in [5.74, 6) is -2.49. The van der Waals surface area contributed by atoms with E-state index in [1.165, 1.54) is 29.2 Å². The number of hydrogen-bond acceptors (Lipinski definition) is 4. The molecule has 2 rings (SSSR count). The van der Waals surface area contributed by atoms with E-state index >= 15 is 0 Å². The molecule has 0 atom stereocenters. The zero-order chi connectivity index (χ0) is 21.9. The summed E-state index contributed by atoms with van der Waals surface area (Å²) < 4.78 is 18.6. The molecule has 7 heteroatoms. The third kappa shape index (κ3) is 4.55. The summed E-state index contributed by atoms with van der Waals surface area (Å²) in [6.45, 7) is 10.8. The molecule has 156 valence electrons. The van der Waals surface area contributed by atoms with E-state index in [2.05, 4.69) is 4.98 Å². The molecule has 6 nitrogen and oxygen atoms in total. The van der Waals surface area contributed by atoms with Crippen LogP contribution in [0.4, 0.5) is 4.39 Å². The number of ketones is 1. The van der Waals surface area contributed by atoms with Crippen molar-refractivity contribution in [2.24, 2.45) is 0 Å². The molecule has 1 heterocycles. The topological polar surface area (TPSA) is 79.5 Å². The van der Waals surface area contributed by atoms with Gasteiger partial charge in [0, 0.05) is 23.3 Å². The van der Waals surface area contributed by atoms with Crippen molar-refractivity contribution in [3.8, 4) is 11.1 Å². The Bertz CT molecular complexity index is 906. The zero-order valence-corrected chi connectivity index (χ0v) is 17.6. The molecule has 2 aromatic rings. The second-order valence-corrected chi connectivity index (χ2v) is 7.33. The van der Waals surface area contributed by atoms with Crippen LogP contribution in [-0.2, 0) is 9.53 Å². The molecule has 0 aliphatic heterocycles. The molecule has 0 fully saturated rings. The molecule has 1 N–H and O–H groups in total. The molecule has 0 radical (unpaired) electrons. The number of aromatic nitrogens is 1. The highest BCUT2D eigenvalue weighted by Gasteiger charge is 2.33. The molecule has 29 heavy (non-hydrogen) atoms. The third-order valence-electron chi connectivity index (χ3n) is 4.57. The number of benzene rings is 1. The molecule has 1 aromatic carbocycles. The summed E-state index contributed by atoms with van der Waals surface area (Å²) in [5.41, 5.74) is 1.24. The van der Waals surface area contributed by atoms with Gasteiger partial charge in [-0.05, 0) is 59.2 Å². The molecule has 1 amide bonds. The third-order valence-corrected chi connectivity index (χ3v) is 4.57. The molecule has 0 spiro atoms. The number of hydrogen-bond donors (Lipinski definition) is 1. The molecule has 0 aliphatic carbocycles. The fourth-order valence-electron chi connectivity index (χ4n) is 3.45. The second kappa shape index (κ2) is 9.03. The maximum Gasteiger partial charge on any atom is 0.340 e. The van der Waals surface area contributed by atoms with Gasteiger partial charge in [0.25, 0.3) is 11.7 Å². The van der Waals surface area contributed by atoms with Crippen molar-refractivity contribution in [2.45, 2.75) is 53.6 Å². The molecule has 0 saturated carbocycles. The van der Waals surface area contributed by atoms with Gasteiger partial charge < -0.3 is 14.6 Å². The van der Waals surface area contributed by atoms with E-state index in [9.17, 15) is 18.8 Å². The number of aromatic amines is 1. The summed E-state index contributed by atoms with van der Waals surface area (Å²) >= 11 is 0. The number of nitrogens with zero attached hydrogens (tertiary/aromatic N) is 1. The van der Waals surface area contributed by atoms with Crippen LogP contribution in [0.1, 0.15) is 61.2 Å². The summed E-state index contributed by atoms with van der Waals surface area (Å²) in [7, 11) is 0. The van der Waals surface area contributed by atoms with Gasteiger partial charge in [0.05, 0.1) is 12.2 Å². The first-order chi connectivity index (χ1) is 13.6. The smallest absolute Gasteiger partial charge is 0.340 e. The fraction of sp³-hybridized carbons (Fsp3) is 0.409. The molecule has 0 unspecified atom stereocenters. The Morgan fingerprint density at radius 1 is 1.07 bits per heavy atom. The quantitative estimate of drug-likeness (QED) is 0.429. The number of carbonyl (C=O) groups is 3. The van der Waals surface area contributed by atoms with Gasteiger partial charge in [-0.25, -0.2) is 9.18 Å². The van der Waals surface area contributed by atoms with E-state index < -0.39 is 23.5 Å². The van der Waals surface area contributed by atoms with E-state index in [1.54, 1.807) is 13.8 Å². The lowest BCUT2D eigenvalue weighted by molar-refractivity contribution is -0.129. The van der Waals surface area contributed by atoms with Crippen molar-refractivity contribution in [3.05, 3.63) is 47.0 Å². The highest BCUT2D eigenvalue weighted by molar-refractivity contribution is 6.43. The number of amides is 1. The average Bonchev–Trinajstić information content (AvgIpc) is 2.98. The van der Waals surface area contributed by atoms with Crippen LogP contribution < -0.4 is 0 Å². The molecular formula is C22H27FN2O4. The van der Waals surface area contributed by atoms with Crippen LogP contribution in [0.25, 0.3) is 11.1 Å². The van der Waals surface area contributed by atoms with Crippen molar-refractivity contribution in [3.63, 3.8) is 0 Å². The van der Waals surface area contributed by atoms with Crippen LogP contribution in [0.2, 0.25) is 0 Å². The maximum atomic E-state index is 13.4. The Morgan fingerprint density at radius 3 is 2.10 bits per heavy atom. The highest BCUT2D eigenvalue weighted by atomic mass is 19.1. The standard InChI is InChI=1S/C22H27FN2O4/c1-7-29-22(28)17-14(6)24-19(18(17)15-8-10-16(23)11-9-15)20(26)21(27)25(12(2)3)13(4)5/h8-13,24H,7H2,1-6H3. The molecule has 0 bridgehead atoms. The van der Waals surface area contributed by atoms with Crippen molar-refractivity contribution in [1.29, 1.82) is 0 Å². The number of nitrogens with one attached hydrogen (secondary N) is 1. The van der Waals surface area contributed by atoms with Gasteiger partial charge in [0.15, 0.2) is 0 Å². The molecule has 0 saturated heterocycles. The van der Waals surface area contributed by atoms with Gasteiger partial charge in [0.1, 0.15) is 11.5 Å².